The van der Waals surface area contributed by atoms with Gasteiger partial charge in [0.25, 0.3) is 0 Å². The number of carbonyl (C=O) groups is 1. The van der Waals surface area contributed by atoms with Gasteiger partial charge in [-0.15, -0.1) is 10.2 Å². The van der Waals surface area contributed by atoms with Crippen molar-refractivity contribution in [3.05, 3.63) is 78.9 Å². The second kappa shape index (κ2) is 8.24. The average molecular weight is 487 g/mol. The second-order valence-corrected chi connectivity index (χ2v) is 9.46. The molecule has 6 aromatic rings. The molecule has 0 fully saturated rings. The number of hydrogen-bond acceptors (Lipinski definition) is 6. The van der Waals surface area contributed by atoms with E-state index in [0.717, 1.165) is 44.3 Å². The van der Waals surface area contributed by atoms with Crippen LogP contribution in [0.3, 0.4) is 0 Å². The maximum Gasteiger partial charge on any atom is 0.241 e. The number of amides is 1. The van der Waals surface area contributed by atoms with Gasteiger partial charge < -0.3 is 5.32 Å². The molecule has 2 aromatic carbocycles. The summed E-state index contributed by atoms with van der Waals surface area (Å²) in [5.41, 5.74) is 5.82. The highest BCUT2D eigenvalue weighted by Gasteiger charge is 2.21. The molecule has 0 radical (unpaired) electrons. The Hall–Kier alpha value is -5.10. The summed E-state index contributed by atoms with van der Waals surface area (Å²) in [6.07, 6.45) is 5.26. The van der Waals surface area contributed by atoms with Crippen molar-refractivity contribution < 1.29 is 4.79 Å². The molecule has 0 unspecified atom stereocenters. The highest BCUT2D eigenvalue weighted by Crippen LogP contribution is 2.33. The summed E-state index contributed by atoms with van der Waals surface area (Å²) in [6, 6.07) is 20.1. The van der Waals surface area contributed by atoms with Crippen LogP contribution in [0.1, 0.15) is 26.3 Å². The number of carbonyl (C=O) groups excluding carboxylic acids is 1. The fourth-order valence-electron chi connectivity index (χ4n) is 4.57. The van der Waals surface area contributed by atoms with Gasteiger partial charge in [-0.2, -0.15) is 5.26 Å². The molecule has 1 N–H and O–H groups in total. The van der Waals surface area contributed by atoms with Crippen LogP contribution >= 0.6 is 0 Å². The largest absolute Gasteiger partial charge is 0.311 e. The van der Waals surface area contributed by atoms with E-state index < -0.39 is 5.41 Å². The second-order valence-electron chi connectivity index (χ2n) is 9.46. The molecule has 4 aromatic heterocycles. The first kappa shape index (κ1) is 22.4. The SMILES string of the molecule is CC(=O)Nc1ccc(-c2ccc3ncc4c(c3c2)n(-c2ccc(C(C)(C)C#N)cc2)c2nncn42)cn1. The zero-order valence-electron chi connectivity index (χ0n) is 20.5. The third-order valence-electron chi connectivity index (χ3n) is 6.56. The molecular weight excluding hydrogens is 464 g/mol. The van der Waals surface area contributed by atoms with Crippen molar-refractivity contribution in [1.82, 2.24) is 29.1 Å². The van der Waals surface area contributed by atoms with Crippen LogP contribution in [0, 0.1) is 11.3 Å². The summed E-state index contributed by atoms with van der Waals surface area (Å²) in [4.78, 5) is 20.4. The van der Waals surface area contributed by atoms with E-state index >= 15 is 0 Å². The van der Waals surface area contributed by atoms with E-state index in [0.29, 0.717) is 11.6 Å². The van der Waals surface area contributed by atoms with E-state index in [1.54, 1.807) is 18.6 Å². The first-order chi connectivity index (χ1) is 17.9. The molecule has 0 saturated heterocycles. The number of rotatable bonds is 4. The lowest BCUT2D eigenvalue weighted by atomic mass is 9.86. The topological polar surface area (TPSA) is 114 Å². The lowest BCUT2D eigenvalue weighted by Crippen LogP contribution is -2.13. The van der Waals surface area contributed by atoms with Crippen LogP contribution in [0.5, 0.6) is 0 Å². The fourth-order valence-corrected chi connectivity index (χ4v) is 4.57. The maximum atomic E-state index is 11.3. The Labute approximate surface area is 212 Å². The van der Waals surface area contributed by atoms with Gasteiger partial charge in [-0.05, 0) is 61.4 Å². The Balaban J connectivity index is 1.56. The van der Waals surface area contributed by atoms with Gasteiger partial charge in [0.05, 0.1) is 34.2 Å². The van der Waals surface area contributed by atoms with Crippen molar-refractivity contribution in [2.45, 2.75) is 26.2 Å². The number of benzene rings is 2. The van der Waals surface area contributed by atoms with Gasteiger partial charge in [-0.1, -0.05) is 18.2 Å². The Bertz CT molecular complexity index is 1860. The molecule has 0 aliphatic carbocycles. The predicted octanol–water partition coefficient (Wildman–Crippen LogP) is 5.04. The smallest absolute Gasteiger partial charge is 0.241 e. The van der Waals surface area contributed by atoms with Gasteiger partial charge in [-0.25, -0.2) is 4.98 Å². The fraction of sp³-hybridized carbons (Fsp3) is 0.143. The monoisotopic (exact) mass is 486 g/mol. The van der Waals surface area contributed by atoms with Crippen LogP contribution in [-0.4, -0.2) is 35.0 Å². The van der Waals surface area contributed by atoms with Crippen molar-refractivity contribution in [1.29, 1.82) is 5.26 Å². The molecule has 37 heavy (non-hydrogen) atoms. The summed E-state index contributed by atoms with van der Waals surface area (Å²) in [5.74, 6) is 1.01. The van der Waals surface area contributed by atoms with Crippen molar-refractivity contribution in [2.75, 3.05) is 5.32 Å². The van der Waals surface area contributed by atoms with Gasteiger partial charge in [-0.3, -0.25) is 18.7 Å². The number of pyridine rings is 2. The number of nitrogens with one attached hydrogen (secondary N) is 1. The van der Waals surface area contributed by atoms with Gasteiger partial charge in [0.1, 0.15) is 12.1 Å². The summed E-state index contributed by atoms with van der Waals surface area (Å²) < 4.78 is 3.99. The Kier molecular flexibility index (Phi) is 4.98. The molecule has 9 nitrogen and oxygen atoms in total. The number of nitriles is 1. The molecule has 0 spiro atoms. The van der Waals surface area contributed by atoms with Crippen molar-refractivity contribution >= 4 is 39.4 Å². The van der Waals surface area contributed by atoms with E-state index in [4.69, 9.17) is 4.98 Å². The van der Waals surface area contributed by atoms with Crippen LogP contribution in [0.25, 0.3) is 44.5 Å². The van der Waals surface area contributed by atoms with E-state index in [9.17, 15) is 10.1 Å². The molecule has 9 heteroatoms. The third kappa shape index (κ3) is 3.67. The number of aromatic nitrogens is 6. The minimum Gasteiger partial charge on any atom is -0.311 e. The normalized spacial score (nSPS) is 11.7. The Morgan fingerprint density at radius 1 is 1.00 bits per heavy atom. The first-order valence-corrected chi connectivity index (χ1v) is 11.7. The first-order valence-electron chi connectivity index (χ1n) is 11.7. The number of nitrogens with zero attached hydrogens (tertiary/aromatic N) is 7. The molecule has 0 bridgehead atoms. The highest BCUT2D eigenvalue weighted by molar-refractivity contribution is 6.06. The molecule has 6 rings (SSSR count). The number of hydrogen-bond donors (Lipinski definition) is 1. The summed E-state index contributed by atoms with van der Waals surface area (Å²) in [7, 11) is 0. The maximum absolute atomic E-state index is 11.3. The van der Waals surface area contributed by atoms with Crippen LogP contribution in [0.2, 0.25) is 0 Å². The van der Waals surface area contributed by atoms with E-state index in [-0.39, 0.29) is 5.91 Å². The van der Waals surface area contributed by atoms with E-state index in [2.05, 4.69) is 37.2 Å². The van der Waals surface area contributed by atoms with Crippen molar-refractivity contribution in [3.8, 4) is 22.9 Å². The molecule has 180 valence electrons. The van der Waals surface area contributed by atoms with Crippen molar-refractivity contribution in [2.24, 2.45) is 0 Å². The lowest BCUT2D eigenvalue weighted by Gasteiger charge is -2.16. The van der Waals surface area contributed by atoms with Gasteiger partial charge in [0.2, 0.25) is 11.7 Å². The van der Waals surface area contributed by atoms with Crippen LogP contribution in [-0.2, 0) is 10.2 Å². The predicted molar refractivity (Wildman–Crippen MR) is 141 cm³/mol. The minimum atomic E-state index is -0.587. The molecule has 0 saturated carbocycles. The quantitative estimate of drug-likeness (QED) is 0.373. The van der Waals surface area contributed by atoms with Gasteiger partial charge >= 0.3 is 0 Å². The summed E-state index contributed by atoms with van der Waals surface area (Å²) in [6.45, 7) is 5.26. The number of anilines is 1. The van der Waals surface area contributed by atoms with Crippen molar-refractivity contribution in [3.63, 3.8) is 0 Å². The molecular formula is C28H22N8O. The van der Waals surface area contributed by atoms with Crippen LogP contribution < -0.4 is 5.32 Å². The number of imidazole rings is 1. The summed E-state index contributed by atoms with van der Waals surface area (Å²) >= 11 is 0. The molecule has 0 aliphatic heterocycles. The molecule has 1 amide bonds. The third-order valence-corrected chi connectivity index (χ3v) is 6.56. The van der Waals surface area contributed by atoms with Gasteiger partial charge in [0, 0.05) is 29.8 Å². The highest BCUT2D eigenvalue weighted by atomic mass is 16.1. The molecule has 0 aliphatic rings. The zero-order chi connectivity index (χ0) is 25.7. The average Bonchev–Trinajstić information content (AvgIpc) is 3.50. The lowest BCUT2D eigenvalue weighted by molar-refractivity contribution is -0.114. The van der Waals surface area contributed by atoms with Gasteiger partial charge in [0.15, 0.2) is 0 Å². The standard InChI is InChI=1S/C28H22N8O/c1-17(37)33-25-11-5-19(13-31-25)18-4-10-23-22(12-18)26-24(14-30-23)35-16-32-34-27(35)36(26)21-8-6-20(7-9-21)28(2,3)15-29/h4-14,16H,1-3H3,(H,31,33,37). The van der Waals surface area contributed by atoms with Crippen LogP contribution in [0.4, 0.5) is 5.82 Å². The minimum absolute atomic E-state index is 0.163. The van der Waals surface area contributed by atoms with E-state index in [1.165, 1.54) is 6.92 Å². The number of fused-ring (bicyclic) bond motifs is 5. The Morgan fingerprint density at radius 3 is 2.49 bits per heavy atom. The zero-order valence-corrected chi connectivity index (χ0v) is 20.5. The summed E-state index contributed by atoms with van der Waals surface area (Å²) in [5, 5.41) is 21.7. The molecule has 0 atom stereocenters. The van der Waals surface area contributed by atoms with E-state index in [1.807, 2.05) is 66.9 Å². The molecule has 4 heterocycles. The van der Waals surface area contributed by atoms with Crippen LogP contribution in [0.15, 0.2) is 73.3 Å². The Morgan fingerprint density at radius 2 is 1.78 bits per heavy atom.